The van der Waals surface area contributed by atoms with Crippen LogP contribution in [0.5, 0.6) is 0 Å². The molecule has 0 aliphatic heterocycles. The highest BCUT2D eigenvalue weighted by Gasteiger charge is 2.23. The van der Waals surface area contributed by atoms with Crippen molar-refractivity contribution in [1.82, 2.24) is 16.0 Å². The van der Waals surface area contributed by atoms with E-state index < -0.39 is 12.1 Å². The van der Waals surface area contributed by atoms with Crippen molar-refractivity contribution in [3.05, 3.63) is 71.3 Å². The Labute approximate surface area is 169 Å². The summed E-state index contributed by atoms with van der Waals surface area (Å²) < 4.78 is 26.4. The lowest BCUT2D eigenvalue weighted by atomic mass is 10.0. The summed E-state index contributed by atoms with van der Waals surface area (Å²) in [6.07, 6.45) is 0.978. The molecule has 0 aliphatic rings. The van der Waals surface area contributed by atoms with Gasteiger partial charge in [-0.05, 0) is 54.2 Å². The van der Waals surface area contributed by atoms with Gasteiger partial charge >= 0.3 is 6.03 Å². The standard InChI is InChI=1S/C22H27F2N3O2/c1-15(2)20(21(28)25-11-9-16-5-3-7-18(23)13-16)27-22(29)26-12-10-17-6-4-8-19(24)14-17/h3-8,13-15,20H,9-12H2,1-2H3,(H,25,28)(H2,26,27,29)/t20-/m1/s1. The molecule has 0 radical (unpaired) electrons. The van der Waals surface area contributed by atoms with Crippen LogP contribution >= 0.6 is 0 Å². The van der Waals surface area contributed by atoms with Crippen molar-refractivity contribution >= 4 is 11.9 Å². The number of rotatable bonds is 9. The van der Waals surface area contributed by atoms with Gasteiger partial charge in [0.2, 0.25) is 5.91 Å². The molecule has 3 amide bonds. The second-order valence-corrected chi connectivity index (χ2v) is 7.17. The van der Waals surface area contributed by atoms with Crippen LogP contribution in [0.15, 0.2) is 48.5 Å². The number of benzene rings is 2. The van der Waals surface area contributed by atoms with Gasteiger partial charge in [0.15, 0.2) is 0 Å². The molecular formula is C22H27F2N3O2. The van der Waals surface area contributed by atoms with Crippen LogP contribution in [0.25, 0.3) is 0 Å². The van der Waals surface area contributed by atoms with E-state index in [2.05, 4.69) is 16.0 Å². The largest absolute Gasteiger partial charge is 0.354 e. The predicted molar refractivity (Wildman–Crippen MR) is 108 cm³/mol. The molecule has 7 heteroatoms. The van der Waals surface area contributed by atoms with E-state index in [0.717, 1.165) is 11.1 Å². The van der Waals surface area contributed by atoms with Crippen molar-refractivity contribution in [3.63, 3.8) is 0 Å². The van der Waals surface area contributed by atoms with Crippen molar-refractivity contribution in [3.8, 4) is 0 Å². The Morgan fingerprint density at radius 1 is 0.862 bits per heavy atom. The maximum absolute atomic E-state index is 13.2. The number of urea groups is 1. The Balaban J connectivity index is 1.76. The van der Waals surface area contributed by atoms with Crippen molar-refractivity contribution in [1.29, 1.82) is 0 Å². The smallest absolute Gasteiger partial charge is 0.315 e. The zero-order valence-corrected chi connectivity index (χ0v) is 16.7. The zero-order chi connectivity index (χ0) is 21.2. The van der Waals surface area contributed by atoms with Gasteiger partial charge in [0.05, 0.1) is 0 Å². The SMILES string of the molecule is CC(C)[C@@H](NC(=O)NCCc1cccc(F)c1)C(=O)NCCc1cccc(F)c1. The highest BCUT2D eigenvalue weighted by atomic mass is 19.1. The van der Waals surface area contributed by atoms with Gasteiger partial charge in [-0.2, -0.15) is 0 Å². The van der Waals surface area contributed by atoms with Crippen LogP contribution in [0.3, 0.4) is 0 Å². The summed E-state index contributed by atoms with van der Waals surface area (Å²) in [7, 11) is 0. The number of halogens is 2. The minimum atomic E-state index is -0.698. The highest BCUT2D eigenvalue weighted by Crippen LogP contribution is 2.06. The van der Waals surface area contributed by atoms with Gasteiger partial charge in [0, 0.05) is 13.1 Å². The first-order chi connectivity index (χ1) is 13.8. The van der Waals surface area contributed by atoms with Crippen LogP contribution in [0.2, 0.25) is 0 Å². The molecule has 29 heavy (non-hydrogen) atoms. The highest BCUT2D eigenvalue weighted by molar-refractivity contribution is 5.87. The minimum absolute atomic E-state index is 0.113. The third kappa shape index (κ3) is 7.89. The Kier molecular flexibility index (Phi) is 8.58. The number of amides is 3. The fraction of sp³-hybridized carbons (Fsp3) is 0.364. The summed E-state index contributed by atoms with van der Waals surface area (Å²) >= 11 is 0. The van der Waals surface area contributed by atoms with Gasteiger partial charge in [0.25, 0.3) is 0 Å². The summed E-state index contributed by atoms with van der Waals surface area (Å²) in [6, 6.07) is 11.2. The molecule has 0 aliphatic carbocycles. The Morgan fingerprint density at radius 2 is 1.38 bits per heavy atom. The quantitative estimate of drug-likeness (QED) is 0.602. The van der Waals surface area contributed by atoms with Gasteiger partial charge < -0.3 is 16.0 Å². The van der Waals surface area contributed by atoms with Gasteiger partial charge in [-0.1, -0.05) is 38.1 Å². The number of carbonyl (C=O) groups excluding carboxylic acids is 2. The van der Waals surface area contributed by atoms with E-state index in [1.54, 1.807) is 24.3 Å². The molecule has 0 aromatic heterocycles. The zero-order valence-electron chi connectivity index (χ0n) is 16.7. The van der Waals surface area contributed by atoms with E-state index in [1.807, 2.05) is 13.8 Å². The first-order valence-corrected chi connectivity index (χ1v) is 9.66. The van der Waals surface area contributed by atoms with Crippen molar-refractivity contribution in [2.45, 2.75) is 32.7 Å². The molecule has 0 fully saturated rings. The number of carbonyl (C=O) groups is 2. The molecule has 0 spiro atoms. The molecule has 2 aromatic carbocycles. The average Bonchev–Trinajstić information content (AvgIpc) is 2.66. The van der Waals surface area contributed by atoms with E-state index in [4.69, 9.17) is 0 Å². The molecule has 0 bridgehead atoms. The fourth-order valence-corrected chi connectivity index (χ4v) is 2.87. The van der Waals surface area contributed by atoms with E-state index in [1.165, 1.54) is 24.3 Å². The van der Waals surface area contributed by atoms with Crippen LogP contribution in [0.4, 0.5) is 13.6 Å². The second-order valence-electron chi connectivity index (χ2n) is 7.17. The topological polar surface area (TPSA) is 70.2 Å². The van der Waals surface area contributed by atoms with Crippen LogP contribution in [0.1, 0.15) is 25.0 Å². The summed E-state index contributed by atoms with van der Waals surface area (Å²) in [5.74, 6) is -1.04. The monoisotopic (exact) mass is 403 g/mol. The first kappa shape index (κ1) is 22.3. The van der Waals surface area contributed by atoms with E-state index >= 15 is 0 Å². The van der Waals surface area contributed by atoms with Crippen molar-refractivity contribution < 1.29 is 18.4 Å². The normalized spacial score (nSPS) is 11.8. The fourth-order valence-electron chi connectivity index (χ4n) is 2.87. The second kappa shape index (κ2) is 11.1. The third-order valence-corrected chi connectivity index (χ3v) is 4.43. The molecule has 3 N–H and O–H groups in total. The third-order valence-electron chi connectivity index (χ3n) is 4.43. The van der Waals surface area contributed by atoms with E-state index in [9.17, 15) is 18.4 Å². The van der Waals surface area contributed by atoms with Gasteiger partial charge in [-0.25, -0.2) is 13.6 Å². The molecule has 156 valence electrons. The molecule has 2 aromatic rings. The molecule has 0 saturated heterocycles. The van der Waals surface area contributed by atoms with Crippen molar-refractivity contribution in [2.75, 3.05) is 13.1 Å². The minimum Gasteiger partial charge on any atom is -0.354 e. The van der Waals surface area contributed by atoms with Gasteiger partial charge in [0.1, 0.15) is 17.7 Å². The summed E-state index contributed by atoms with van der Waals surface area (Å²) in [5, 5.41) is 8.14. The van der Waals surface area contributed by atoms with Crippen molar-refractivity contribution in [2.24, 2.45) is 5.92 Å². The Hall–Kier alpha value is -2.96. The molecule has 2 rings (SSSR count). The molecule has 0 saturated carbocycles. The summed E-state index contributed by atoms with van der Waals surface area (Å²) in [5.41, 5.74) is 1.57. The first-order valence-electron chi connectivity index (χ1n) is 9.66. The van der Waals surface area contributed by atoms with E-state index in [-0.39, 0.29) is 23.5 Å². The molecular weight excluding hydrogens is 376 g/mol. The van der Waals surface area contributed by atoms with Crippen LogP contribution in [0, 0.1) is 17.6 Å². The predicted octanol–water partition coefficient (Wildman–Crippen LogP) is 3.19. The Morgan fingerprint density at radius 3 is 1.86 bits per heavy atom. The van der Waals surface area contributed by atoms with Crippen LogP contribution in [-0.4, -0.2) is 31.1 Å². The Bertz CT molecular complexity index is 827. The maximum Gasteiger partial charge on any atom is 0.315 e. The molecule has 0 heterocycles. The lowest BCUT2D eigenvalue weighted by Gasteiger charge is -2.22. The van der Waals surface area contributed by atoms with Gasteiger partial charge in [-0.15, -0.1) is 0 Å². The lowest BCUT2D eigenvalue weighted by Crippen LogP contribution is -2.53. The van der Waals surface area contributed by atoms with Crippen LogP contribution in [-0.2, 0) is 17.6 Å². The molecule has 0 unspecified atom stereocenters. The lowest BCUT2D eigenvalue weighted by molar-refractivity contribution is -0.123. The summed E-state index contributed by atoms with van der Waals surface area (Å²) in [6.45, 7) is 4.34. The average molecular weight is 403 g/mol. The summed E-state index contributed by atoms with van der Waals surface area (Å²) in [4.78, 5) is 24.6. The molecule has 5 nitrogen and oxygen atoms in total. The van der Waals surface area contributed by atoms with Crippen LogP contribution < -0.4 is 16.0 Å². The number of hydrogen-bond donors (Lipinski definition) is 3. The number of hydrogen-bond acceptors (Lipinski definition) is 2. The maximum atomic E-state index is 13.2. The molecule has 1 atom stereocenters. The van der Waals surface area contributed by atoms with Gasteiger partial charge in [-0.3, -0.25) is 4.79 Å². The van der Waals surface area contributed by atoms with E-state index in [0.29, 0.717) is 25.9 Å². The number of nitrogens with one attached hydrogen (secondary N) is 3.